The zero-order valence-corrected chi connectivity index (χ0v) is 18.1. The van der Waals surface area contributed by atoms with E-state index in [1.807, 2.05) is 46.9 Å². The van der Waals surface area contributed by atoms with Crippen molar-refractivity contribution in [3.63, 3.8) is 0 Å². The van der Waals surface area contributed by atoms with Crippen LogP contribution in [0.3, 0.4) is 0 Å². The standard InChI is InChI=1S/C21H19ClN6OS/c1-3-10-27-17-9-8-13(22)11-15(17)23-21(27)30-12-18-24-25-20-26(2)19(29)14-6-4-5-7-16(14)28(18)20/h4-9,11H,3,10,12H2,1-2H3. The fourth-order valence-corrected chi connectivity index (χ4v) is 4.87. The summed E-state index contributed by atoms with van der Waals surface area (Å²) in [5.74, 6) is 1.88. The molecule has 5 rings (SSSR count). The third kappa shape index (κ3) is 2.98. The molecule has 0 fully saturated rings. The van der Waals surface area contributed by atoms with E-state index < -0.39 is 0 Å². The smallest absolute Gasteiger partial charge is 0.262 e. The van der Waals surface area contributed by atoms with Gasteiger partial charge < -0.3 is 4.57 Å². The molecule has 2 aromatic carbocycles. The van der Waals surface area contributed by atoms with Gasteiger partial charge in [0.1, 0.15) is 5.82 Å². The number of hydrogen-bond acceptors (Lipinski definition) is 5. The molecule has 0 unspecified atom stereocenters. The Bertz CT molecular complexity index is 1470. The van der Waals surface area contributed by atoms with Crippen molar-refractivity contribution in [1.29, 1.82) is 0 Å². The van der Waals surface area contributed by atoms with Crippen molar-refractivity contribution in [1.82, 2.24) is 28.7 Å². The number of hydrogen-bond donors (Lipinski definition) is 0. The van der Waals surface area contributed by atoms with Crippen LogP contribution in [0.2, 0.25) is 5.02 Å². The van der Waals surface area contributed by atoms with E-state index in [9.17, 15) is 4.79 Å². The van der Waals surface area contributed by atoms with E-state index in [1.165, 1.54) is 4.57 Å². The maximum atomic E-state index is 12.6. The summed E-state index contributed by atoms with van der Waals surface area (Å²) in [6, 6.07) is 13.3. The molecule has 0 saturated carbocycles. The lowest BCUT2D eigenvalue weighted by Gasteiger charge is -2.09. The number of fused-ring (bicyclic) bond motifs is 4. The predicted molar refractivity (Wildman–Crippen MR) is 120 cm³/mol. The first-order valence-corrected chi connectivity index (χ1v) is 11.0. The first-order valence-electron chi connectivity index (χ1n) is 9.69. The molecule has 5 aromatic rings. The van der Waals surface area contributed by atoms with Crippen molar-refractivity contribution in [3.8, 4) is 0 Å². The van der Waals surface area contributed by atoms with Gasteiger partial charge in [0.25, 0.3) is 5.56 Å². The number of rotatable bonds is 5. The molecule has 0 bridgehead atoms. The summed E-state index contributed by atoms with van der Waals surface area (Å²) in [7, 11) is 1.72. The number of para-hydroxylation sites is 1. The van der Waals surface area contributed by atoms with E-state index in [2.05, 4.69) is 21.7 Å². The van der Waals surface area contributed by atoms with Gasteiger partial charge in [-0.3, -0.25) is 13.8 Å². The zero-order chi connectivity index (χ0) is 20.8. The van der Waals surface area contributed by atoms with Crippen LogP contribution >= 0.6 is 23.4 Å². The SMILES string of the molecule is CCCn1c(SCc2nnc3n(C)c(=O)c4ccccc4n23)nc2cc(Cl)ccc21. The van der Waals surface area contributed by atoms with E-state index in [0.29, 0.717) is 21.9 Å². The second-order valence-electron chi connectivity index (χ2n) is 7.10. The van der Waals surface area contributed by atoms with Crippen molar-refractivity contribution >= 4 is 51.1 Å². The summed E-state index contributed by atoms with van der Waals surface area (Å²) in [4.78, 5) is 17.4. The average molecular weight is 439 g/mol. The highest BCUT2D eigenvalue weighted by molar-refractivity contribution is 7.98. The second kappa shape index (κ2) is 7.45. The van der Waals surface area contributed by atoms with Gasteiger partial charge in [0.2, 0.25) is 5.78 Å². The summed E-state index contributed by atoms with van der Waals surface area (Å²) in [6.07, 6.45) is 1.00. The third-order valence-corrected chi connectivity index (χ3v) is 6.35. The first-order chi connectivity index (χ1) is 14.6. The lowest BCUT2D eigenvalue weighted by molar-refractivity contribution is 0.638. The van der Waals surface area contributed by atoms with Gasteiger partial charge in [-0.1, -0.05) is 42.4 Å². The molecule has 30 heavy (non-hydrogen) atoms. The summed E-state index contributed by atoms with van der Waals surface area (Å²) in [6.45, 7) is 3.02. The molecule has 3 aromatic heterocycles. The Morgan fingerprint density at radius 3 is 2.77 bits per heavy atom. The Labute approximate surface area is 181 Å². The largest absolute Gasteiger partial charge is 0.319 e. The van der Waals surface area contributed by atoms with Crippen LogP contribution in [0.5, 0.6) is 0 Å². The van der Waals surface area contributed by atoms with Gasteiger partial charge in [-0.25, -0.2) is 4.98 Å². The molecule has 0 aliphatic rings. The predicted octanol–water partition coefficient (Wildman–Crippen LogP) is 4.29. The van der Waals surface area contributed by atoms with Gasteiger partial charge in [0.05, 0.1) is 27.7 Å². The highest BCUT2D eigenvalue weighted by Gasteiger charge is 2.17. The molecule has 0 N–H and O–H groups in total. The number of benzene rings is 2. The molecule has 152 valence electrons. The normalized spacial score (nSPS) is 11.8. The lowest BCUT2D eigenvalue weighted by Crippen LogP contribution is -2.20. The van der Waals surface area contributed by atoms with Crippen molar-refractivity contribution < 1.29 is 0 Å². The third-order valence-electron chi connectivity index (χ3n) is 5.15. The summed E-state index contributed by atoms with van der Waals surface area (Å²) < 4.78 is 5.71. The van der Waals surface area contributed by atoms with E-state index in [1.54, 1.807) is 18.8 Å². The van der Waals surface area contributed by atoms with Crippen molar-refractivity contribution in [2.75, 3.05) is 0 Å². The van der Waals surface area contributed by atoms with Gasteiger partial charge >= 0.3 is 0 Å². The van der Waals surface area contributed by atoms with Crippen LogP contribution in [0.25, 0.3) is 27.7 Å². The first kappa shape index (κ1) is 19.1. The van der Waals surface area contributed by atoms with Crippen LogP contribution in [0.15, 0.2) is 52.4 Å². The second-order valence-corrected chi connectivity index (χ2v) is 8.48. The Morgan fingerprint density at radius 2 is 1.93 bits per heavy atom. The van der Waals surface area contributed by atoms with E-state index in [0.717, 1.165) is 40.5 Å². The minimum Gasteiger partial charge on any atom is -0.319 e. The fraction of sp³-hybridized carbons (Fsp3) is 0.238. The van der Waals surface area contributed by atoms with Gasteiger partial charge in [0, 0.05) is 18.6 Å². The van der Waals surface area contributed by atoms with Gasteiger partial charge in [-0.05, 0) is 36.8 Å². The zero-order valence-electron chi connectivity index (χ0n) is 16.5. The van der Waals surface area contributed by atoms with Crippen LogP contribution in [0.1, 0.15) is 19.2 Å². The Hall–Kier alpha value is -2.84. The molecule has 0 radical (unpaired) electrons. The quantitative estimate of drug-likeness (QED) is 0.383. The molecule has 0 aliphatic carbocycles. The molecule has 0 saturated heterocycles. The molecule has 9 heteroatoms. The lowest BCUT2D eigenvalue weighted by atomic mass is 10.2. The minimum atomic E-state index is -0.0775. The van der Waals surface area contributed by atoms with Crippen LogP contribution in [-0.4, -0.2) is 28.7 Å². The van der Waals surface area contributed by atoms with Gasteiger partial charge in [-0.15, -0.1) is 10.2 Å². The Balaban J connectivity index is 1.59. The number of imidazole rings is 1. The van der Waals surface area contributed by atoms with Crippen LogP contribution in [0, 0.1) is 0 Å². The van der Waals surface area contributed by atoms with E-state index in [4.69, 9.17) is 16.6 Å². The summed E-state index contributed by atoms with van der Waals surface area (Å²) >= 11 is 7.77. The van der Waals surface area contributed by atoms with Gasteiger partial charge in [0.15, 0.2) is 5.16 Å². The van der Waals surface area contributed by atoms with Gasteiger partial charge in [-0.2, -0.15) is 0 Å². The molecule has 0 spiro atoms. The molecule has 0 amide bonds. The number of nitrogens with zero attached hydrogens (tertiary/aromatic N) is 6. The molecule has 3 heterocycles. The molecule has 0 aliphatic heterocycles. The summed E-state index contributed by atoms with van der Waals surface area (Å²) in [5, 5.41) is 10.9. The topological polar surface area (TPSA) is 70.0 Å². The highest BCUT2D eigenvalue weighted by Crippen LogP contribution is 2.29. The van der Waals surface area contributed by atoms with Crippen molar-refractivity contribution in [2.45, 2.75) is 30.8 Å². The number of halogens is 1. The maximum Gasteiger partial charge on any atom is 0.262 e. The average Bonchev–Trinajstić information content (AvgIpc) is 3.32. The van der Waals surface area contributed by atoms with Crippen molar-refractivity contribution in [2.24, 2.45) is 7.05 Å². The molecular formula is C21H19ClN6OS. The molecule has 0 atom stereocenters. The van der Waals surface area contributed by atoms with E-state index >= 15 is 0 Å². The highest BCUT2D eigenvalue weighted by atomic mass is 35.5. The van der Waals surface area contributed by atoms with Crippen LogP contribution in [0.4, 0.5) is 0 Å². The van der Waals surface area contributed by atoms with Crippen LogP contribution in [-0.2, 0) is 19.3 Å². The fourth-order valence-electron chi connectivity index (χ4n) is 3.75. The number of aryl methyl sites for hydroxylation is 2. The summed E-state index contributed by atoms with van der Waals surface area (Å²) in [5.41, 5.74) is 2.69. The van der Waals surface area contributed by atoms with Crippen LogP contribution < -0.4 is 5.56 Å². The number of thioether (sulfide) groups is 1. The number of aromatic nitrogens is 6. The Kier molecular flexibility index (Phi) is 4.75. The van der Waals surface area contributed by atoms with E-state index in [-0.39, 0.29) is 5.56 Å². The van der Waals surface area contributed by atoms with Crippen molar-refractivity contribution in [3.05, 3.63) is 63.7 Å². The molecular weight excluding hydrogens is 420 g/mol. The molecule has 7 nitrogen and oxygen atoms in total. The maximum absolute atomic E-state index is 12.6. The Morgan fingerprint density at radius 1 is 1.10 bits per heavy atom. The minimum absolute atomic E-state index is 0.0775. The monoisotopic (exact) mass is 438 g/mol.